The molecule has 4 rings (SSSR count). The summed E-state index contributed by atoms with van der Waals surface area (Å²) in [6.45, 7) is 3.81. The number of carbonyl (C=O) groups is 1. The quantitative estimate of drug-likeness (QED) is 0.321. The third-order valence-electron chi connectivity index (χ3n) is 5.26. The second-order valence-corrected chi connectivity index (χ2v) is 8.99. The van der Waals surface area contributed by atoms with Gasteiger partial charge in [-0.15, -0.1) is 0 Å². The van der Waals surface area contributed by atoms with Crippen LogP contribution < -0.4 is 5.32 Å². The van der Waals surface area contributed by atoms with Crippen LogP contribution >= 0.6 is 11.8 Å². The first-order valence-corrected chi connectivity index (χ1v) is 10.8. The number of benzene rings is 2. The molecule has 0 aliphatic carbocycles. The molecule has 32 heavy (non-hydrogen) atoms. The zero-order valence-corrected chi connectivity index (χ0v) is 18.7. The van der Waals surface area contributed by atoms with Gasteiger partial charge in [-0.05, 0) is 38.1 Å². The molecule has 0 aliphatic heterocycles. The topological polar surface area (TPSA) is 90.1 Å². The number of aryl methyl sites for hydroxylation is 1. The van der Waals surface area contributed by atoms with Crippen LogP contribution in [0.15, 0.2) is 82.7 Å². The Morgan fingerprint density at radius 1 is 1.09 bits per heavy atom. The van der Waals surface area contributed by atoms with Gasteiger partial charge in [0.05, 0.1) is 21.1 Å². The molecule has 7 nitrogen and oxygen atoms in total. The van der Waals surface area contributed by atoms with Gasteiger partial charge < -0.3 is 9.88 Å². The zero-order valence-electron chi connectivity index (χ0n) is 17.9. The molecule has 1 amide bonds. The Kier molecular flexibility index (Phi) is 5.71. The van der Waals surface area contributed by atoms with Crippen LogP contribution in [0, 0.1) is 10.1 Å². The predicted octanol–water partition coefficient (Wildman–Crippen LogP) is 5.30. The van der Waals surface area contributed by atoms with Crippen molar-refractivity contribution in [2.45, 2.75) is 29.2 Å². The van der Waals surface area contributed by atoms with Crippen molar-refractivity contribution < 1.29 is 9.72 Å². The summed E-state index contributed by atoms with van der Waals surface area (Å²) in [5.41, 5.74) is 1.47. The standard InChI is InChI=1S/C24H22N4O3S/c1-24(2,20-13-6-7-14-25-20)26-23(29)21-22(18-11-4-5-12-19(18)27(21)3)32-17-10-8-9-16(15-17)28(30)31/h4-15H,1-3H3,(H,26,29). The van der Waals surface area contributed by atoms with Gasteiger partial charge in [-0.25, -0.2) is 0 Å². The van der Waals surface area contributed by atoms with Crippen molar-refractivity contribution in [3.63, 3.8) is 0 Å². The molecule has 0 fully saturated rings. The molecule has 8 heteroatoms. The molecule has 0 unspecified atom stereocenters. The number of amides is 1. The SMILES string of the molecule is Cn1c(C(=O)NC(C)(C)c2ccccn2)c(Sc2cccc([N+](=O)[O-])c2)c2ccccc21. The lowest BCUT2D eigenvalue weighted by molar-refractivity contribution is -0.385. The van der Waals surface area contributed by atoms with Crippen LogP contribution in [0.2, 0.25) is 0 Å². The maximum atomic E-state index is 13.5. The molecule has 2 heterocycles. The summed E-state index contributed by atoms with van der Waals surface area (Å²) in [6.07, 6.45) is 1.70. The number of para-hydroxylation sites is 1. The number of aromatic nitrogens is 2. The highest BCUT2D eigenvalue weighted by atomic mass is 32.2. The fourth-order valence-electron chi connectivity index (χ4n) is 3.64. The van der Waals surface area contributed by atoms with Crippen LogP contribution in [-0.4, -0.2) is 20.4 Å². The van der Waals surface area contributed by atoms with Gasteiger partial charge >= 0.3 is 0 Å². The molecule has 0 radical (unpaired) electrons. The number of carbonyl (C=O) groups excluding carboxylic acids is 1. The van der Waals surface area contributed by atoms with E-state index in [2.05, 4.69) is 10.3 Å². The Labute approximate surface area is 189 Å². The fraction of sp³-hybridized carbons (Fsp3) is 0.167. The van der Waals surface area contributed by atoms with Crippen molar-refractivity contribution >= 4 is 34.3 Å². The van der Waals surface area contributed by atoms with Crippen molar-refractivity contribution in [2.75, 3.05) is 0 Å². The van der Waals surface area contributed by atoms with E-state index in [1.807, 2.05) is 67.9 Å². The molecular formula is C24H22N4O3S. The van der Waals surface area contributed by atoms with Gasteiger partial charge in [0.25, 0.3) is 11.6 Å². The molecule has 4 aromatic rings. The molecule has 0 saturated carbocycles. The highest BCUT2D eigenvalue weighted by Crippen LogP contribution is 2.39. The van der Waals surface area contributed by atoms with Crippen LogP contribution in [0.4, 0.5) is 5.69 Å². The smallest absolute Gasteiger partial charge is 0.270 e. The summed E-state index contributed by atoms with van der Waals surface area (Å²) in [4.78, 5) is 30.1. The normalized spacial score (nSPS) is 11.5. The third-order valence-corrected chi connectivity index (χ3v) is 6.36. The number of rotatable bonds is 6. The number of nitrogens with one attached hydrogen (secondary N) is 1. The van der Waals surface area contributed by atoms with E-state index in [0.717, 1.165) is 21.5 Å². The highest BCUT2D eigenvalue weighted by molar-refractivity contribution is 7.99. The average Bonchev–Trinajstić information content (AvgIpc) is 3.06. The maximum Gasteiger partial charge on any atom is 0.270 e. The van der Waals surface area contributed by atoms with E-state index in [1.165, 1.54) is 23.9 Å². The Morgan fingerprint density at radius 3 is 2.56 bits per heavy atom. The Balaban J connectivity index is 1.78. The fourth-order valence-corrected chi connectivity index (χ4v) is 4.81. The van der Waals surface area contributed by atoms with Crippen molar-refractivity contribution in [1.29, 1.82) is 0 Å². The molecular weight excluding hydrogens is 424 g/mol. The van der Waals surface area contributed by atoms with Crippen LogP contribution in [0.3, 0.4) is 0 Å². The van der Waals surface area contributed by atoms with E-state index >= 15 is 0 Å². The summed E-state index contributed by atoms with van der Waals surface area (Å²) in [7, 11) is 1.85. The van der Waals surface area contributed by atoms with E-state index in [0.29, 0.717) is 10.6 Å². The molecule has 162 valence electrons. The molecule has 2 aromatic heterocycles. The van der Waals surface area contributed by atoms with Crippen LogP contribution in [-0.2, 0) is 12.6 Å². The second-order valence-electron chi connectivity index (χ2n) is 7.90. The van der Waals surface area contributed by atoms with Crippen LogP contribution in [0.5, 0.6) is 0 Å². The average molecular weight is 447 g/mol. The summed E-state index contributed by atoms with van der Waals surface area (Å²) >= 11 is 1.34. The molecule has 0 aliphatic rings. The summed E-state index contributed by atoms with van der Waals surface area (Å²) in [6, 6.07) is 19.8. The summed E-state index contributed by atoms with van der Waals surface area (Å²) < 4.78 is 1.86. The number of nitro groups is 1. The van der Waals surface area contributed by atoms with Crippen molar-refractivity contribution in [1.82, 2.24) is 14.9 Å². The number of fused-ring (bicyclic) bond motifs is 1. The zero-order chi connectivity index (χ0) is 22.9. The Morgan fingerprint density at radius 2 is 1.84 bits per heavy atom. The number of hydrogen-bond donors (Lipinski definition) is 1. The van der Waals surface area contributed by atoms with Gasteiger partial charge in [0, 0.05) is 41.2 Å². The van der Waals surface area contributed by atoms with Gasteiger partial charge in [-0.1, -0.05) is 42.1 Å². The summed E-state index contributed by atoms with van der Waals surface area (Å²) in [5, 5.41) is 15.2. The molecule has 1 N–H and O–H groups in total. The van der Waals surface area contributed by atoms with Gasteiger partial charge in [0.1, 0.15) is 5.69 Å². The number of hydrogen-bond acceptors (Lipinski definition) is 5. The van der Waals surface area contributed by atoms with Crippen LogP contribution in [0.1, 0.15) is 30.0 Å². The maximum absolute atomic E-state index is 13.5. The lowest BCUT2D eigenvalue weighted by atomic mass is 9.99. The number of pyridine rings is 1. The minimum Gasteiger partial charge on any atom is -0.340 e. The van der Waals surface area contributed by atoms with Gasteiger partial charge in [-0.2, -0.15) is 0 Å². The monoisotopic (exact) mass is 446 g/mol. The molecule has 2 aromatic carbocycles. The van der Waals surface area contributed by atoms with Crippen molar-refractivity contribution in [2.24, 2.45) is 7.05 Å². The minimum atomic E-state index is -0.692. The number of nitro benzene ring substituents is 1. The van der Waals surface area contributed by atoms with E-state index in [1.54, 1.807) is 18.3 Å². The van der Waals surface area contributed by atoms with Crippen LogP contribution in [0.25, 0.3) is 10.9 Å². The first kappa shape index (κ1) is 21.6. The van der Waals surface area contributed by atoms with Gasteiger partial charge in [0.15, 0.2) is 0 Å². The molecule has 0 atom stereocenters. The van der Waals surface area contributed by atoms with Crippen molar-refractivity contribution in [3.05, 3.63) is 94.4 Å². The van der Waals surface area contributed by atoms with E-state index in [9.17, 15) is 14.9 Å². The highest BCUT2D eigenvalue weighted by Gasteiger charge is 2.29. The largest absolute Gasteiger partial charge is 0.340 e. The first-order valence-electron chi connectivity index (χ1n) is 10.0. The minimum absolute atomic E-state index is 0.0116. The third kappa shape index (κ3) is 4.09. The second kappa shape index (κ2) is 8.47. The predicted molar refractivity (Wildman–Crippen MR) is 125 cm³/mol. The van der Waals surface area contributed by atoms with Gasteiger partial charge in [-0.3, -0.25) is 19.9 Å². The number of nitrogens with zero attached hydrogens (tertiary/aromatic N) is 3. The molecule has 0 spiro atoms. The Hall–Kier alpha value is -3.65. The molecule has 0 saturated heterocycles. The van der Waals surface area contributed by atoms with E-state index in [4.69, 9.17) is 0 Å². The van der Waals surface area contributed by atoms with Gasteiger partial charge in [0.2, 0.25) is 0 Å². The van der Waals surface area contributed by atoms with E-state index in [-0.39, 0.29) is 11.6 Å². The first-order chi connectivity index (χ1) is 15.3. The van der Waals surface area contributed by atoms with E-state index < -0.39 is 10.5 Å². The Bertz CT molecular complexity index is 1320. The lowest BCUT2D eigenvalue weighted by Gasteiger charge is -2.26. The summed E-state index contributed by atoms with van der Waals surface area (Å²) in [5.74, 6) is -0.243. The lowest BCUT2D eigenvalue weighted by Crippen LogP contribution is -2.42. The number of non-ortho nitro benzene ring substituents is 1. The molecule has 0 bridgehead atoms. The van der Waals surface area contributed by atoms with Crippen molar-refractivity contribution in [3.8, 4) is 0 Å².